The fourth-order valence-corrected chi connectivity index (χ4v) is 1.84. The van der Waals surface area contributed by atoms with Gasteiger partial charge in [-0.1, -0.05) is 24.3 Å². The summed E-state index contributed by atoms with van der Waals surface area (Å²) in [7, 11) is 1.50. The first-order chi connectivity index (χ1) is 12.1. The van der Waals surface area contributed by atoms with Gasteiger partial charge in [0.05, 0.1) is 7.11 Å². The van der Waals surface area contributed by atoms with Crippen molar-refractivity contribution in [3.8, 4) is 11.5 Å². The predicted octanol–water partition coefficient (Wildman–Crippen LogP) is 2.07. The first-order valence-corrected chi connectivity index (χ1v) is 7.37. The van der Waals surface area contributed by atoms with Crippen LogP contribution in [0, 0.1) is 5.82 Å². The second-order valence-electron chi connectivity index (χ2n) is 4.86. The van der Waals surface area contributed by atoms with E-state index in [2.05, 4.69) is 10.9 Å². The van der Waals surface area contributed by atoms with Crippen LogP contribution >= 0.6 is 0 Å². The van der Waals surface area contributed by atoms with Gasteiger partial charge >= 0.3 is 0 Å². The van der Waals surface area contributed by atoms with Gasteiger partial charge < -0.3 is 9.47 Å². The van der Waals surface area contributed by atoms with Gasteiger partial charge in [-0.15, -0.1) is 0 Å². The highest BCUT2D eigenvalue weighted by molar-refractivity contribution is 5.93. The third kappa shape index (κ3) is 5.98. The van der Waals surface area contributed by atoms with Crippen molar-refractivity contribution < 1.29 is 23.5 Å². The van der Waals surface area contributed by atoms with E-state index in [9.17, 15) is 14.0 Å². The van der Waals surface area contributed by atoms with Crippen molar-refractivity contribution in [3.63, 3.8) is 0 Å². The van der Waals surface area contributed by atoms with Gasteiger partial charge in [0.25, 0.3) is 11.8 Å². The number of hydrogen-bond acceptors (Lipinski definition) is 4. The summed E-state index contributed by atoms with van der Waals surface area (Å²) < 4.78 is 23.2. The number of carbonyl (C=O) groups is 2. The van der Waals surface area contributed by atoms with Crippen molar-refractivity contribution >= 4 is 17.9 Å². The van der Waals surface area contributed by atoms with Crippen molar-refractivity contribution in [2.24, 2.45) is 0 Å². The molecule has 0 fully saturated rings. The summed E-state index contributed by atoms with van der Waals surface area (Å²) in [5.41, 5.74) is 5.09. The van der Waals surface area contributed by atoms with E-state index in [1.54, 1.807) is 24.3 Å². The predicted molar refractivity (Wildman–Crippen MR) is 90.2 cm³/mol. The minimum absolute atomic E-state index is 0.289. The summed E-state index contributed by atoms with van der Waals surface area (Å²) >= 11 is 0. The van der Waals surface area contributed by atoms with Crippen molar-refractivity contribution in [1.82, 2.24) is 10.9 Å². The van der Waals surface area contributed by atoms with E-state index in [-0.39, 0.29) is 12.4 Å². The molecule has 0 atom stereocenters. The third-order valence-electron chi connectivity index (χ3n) is 3.05. The molecule has 0 spiro atoms. The van der Waals surface area contributed by atoms with E-state index in [4.69, 9.17) is 9.47 Å². The molecule has 0 saturated heterocycles. The Morgan fingerprint density at radius 2 is 1.72 bits per heavy atom. The highest BCUT2D eigenvalue weighted by Crippen LogP contribution is 2.25. The van der Waals surface area contributed by atoms with Gasteiger partial charge in [0.15, 0.2) is 18.1 Å². The van der Waals surface area contributed by atoms with Crippen molar-refractivity contribution in [1.29, 1.82) is 0 Å². The molecule has 0 bridgehead atoms. The number of amides is 2. The summed E-state index contributed by atoms with van der Waals surface area (Å²) in [5, 5.41) is 0. The van der Waals surface area contributed by atoms with E-state index < -0.39 is 11.8 Å². The van der Waals surface area contributed by atoms with E-state index >= 15 is 0 Å². The van der Waals surface area contributed by atoms with Crippen LogP contribution in [0.25, 0.3) is 6.08 Å². The third-order valence-corrected chi connectivity index (χ3v) is 3.05. The minimum atomic E-state index is -0.533. The zero-order valence-corrected chi connectivity index (χ0v) is 13.5. The zero-order chi connectivity index (χ0) is 18.1. The van der Waals surface area contributed by atoms with Gasteiger partial charge in [0.2, 0.25) is 0 Å². The van der Waals surface area contributed by atoms with Crippen LogP contribution in [0.2, 0.25) is 0 Å². The van der Waals surface area contributed by atoms with Gasteiger partial charge in [-0.05, 0) is 35.9 Å². The lowest BCUT2D eigenvalue weighted by Crippen LogP contribution is -2.43. The molecule has 0 aliphatic heterocycles. The molecule has 2 N–H and O–H groups in total. The number of para-hydroxylation sites is 2. The normalized spacial score (nSPS) is 10.3. The van der Waals surface area contributed by atoms with Crippen LogP contribution in [0.5, 0.6) is 11.5 Å². The van der Waals surface area contributed by atoms with E-state index in [0.29, 0.717) is 17.1 Å². The number of halogens is 1. The van der Waals surface area contributed by atoms with Crippen LogP contribution in [-0.4, -0.2) is 25.5 Å². The quantitative estimate of drug-likeness (QED) is 0.621. The number of nitrogens with one attached hydrogen (secondary N) is 2. The zero-order valence-electron chi connectivity index (χ0n) is 13.5. The Morgan fingerprint density at radius 3 is 2.40 bits per heavy atom. The molecule has 2 rings (SSSR count). The van der Waals surface area contributed by atoms with E-state index in [1.807, 2.05) is 0 Å². The Kier molecular flexibility index (Phi) is 6.53. The van der Waals surface area contributed by atoms with Crippen LogP contribution in [0.1, 0.15) is 5.56 Å². The van der Waals surface area contributed by atoms with Crippen LogP contribution in [-0.2, 0) is 9.59 Å². The summed E-state index contributed by atoms with van der Waals surface area (Å²) in [6, 6.07) is 12.5. The highest BCUT2D eigenvalue weighted by atomic mass is 19.1. The van der Waals surface area contributed by atoms with E-state index in [0.717, 1.165) is 0 Å². The molecule has 0 heterocycles. The number of methoxy groups -OCH3 is 1. The highest BCUT2D eigenvalue weighted by Gasteiger charge is 2.07. The first kappa shape index (κ1) is 18.0. The molecule has 0 aliphatic rings. The molecule has 0 aliphatic carbocycles. The Morgan fingerprint density at radius 1 is 1.04 bits per heavy atom. The van der Waals surface area contributed by atoms with Gasteiger partial charge in [-0.25, -0.2) is 4.39 Å². The molecular formula is C18H17FN2O4. The Balaban J connectivity index is 1.75. The number of hydrogen-bond donors (Lipinski definition) is 2. The topological polar surface area (TPSA) is 76.7 Å². The van der Waals surface area contributed by atoms with Crippen LogP contribution in [0.3, 0.4) is 0 Å². The number of ether oxygens (including phenoxy) is 2. The van der Waals surface area contributed by atoms with Crippen LogP contribution < -0.4 is 20.3 Å². The maximum atomic E-state index is 12.8. The molecule has 2 aromatic rings. The van der Waals surface area contributed by atoms with Crippen molar-refractivity contribution in [2.45, 2.75) is 0 Å². The molecule has 7 heteroatoms. The molecule has 0 radical (unpaired) electrons. The maximum absolute atomic E-state index is 12.8. The van der Waals surface area contributed by atoms with Crippen LogP contribution in [0.4, 0.5) is 4.39 Å². The molecule has 25 heavy (non-hydrogen) atoms. The second kappa shape index (κ2) is 9.07. The smallest absolute Gasteiger partial charge is 0.276 e. The largest absolute Gasteiger partial charge is 0.493 e. The average Bonchev–Trinajstić information content (AvgIpc) is 2.64. The maximum Gasteiger partial charge on any atom is 0.276 e. The van der Waals surface area contributed by atoms with E-state index in [1.165, 1.54) is 43.5 Å². The molecular weight excluding hydrogens is 327 g/mol. The lowest BCUT2D eigenvalue weighted by atomic mass is 10.2. The number of rotatable bonds is 6. The minimum Gasteiger partial charge on any atom is -0.493 e. The number of carbonyl (C=O) groups excluding carboxylic acids is 2. The van der Waals surface area contributed by atoms with Crippen molar-refractivity contribution in [2.75, 3.05) is 13.7 Å². The first-order valence-electron chi connectivity index (χ1n) is 7.37. The van der Waals surface area contributed by atoms with Gasteiger partial charge in [0, 0.05) is 6.08 Å². The summed E-state index contributed by atoms with van der Waals surface area (Å²) in [4.78, 5) is 23.3. The monoisotopic (exact) mass is 344 g/mol. The molecule has 0 unspecified atom stereocenters. The lowest BCUT2D eigenvalue weighted by molar-refractivity contribution is -0.128. The van der Waals surface area contributed by atoms with Crippen molar-refractivity contribution in [3.05, 3.63) is 66.0 Å². The lowest BCUT2D eigenvalue weighted by Gasteiger charge is -2.10. The molecule has 0 aromatic heterocycles. The fourth-order valence-electron chi connectivity index (χ4n) is 1.84. The summed E-state index contributed by atoms with van der Waals surface area (Å²) in [5.74, 6) is -0.502. The van der Waals surface area contributed by atoms with Gasteiger partial charge in [0.1, 0.15) is 5.82 Å². The van der Waals surface area contributed by atoms with Crippen LogP contribution in [0.15, 0.2) is 54.6 Å². The molecule has 0 saturated carbocycles. The number of benzene rings is 2. The summed E-state index contributed by atoms with van der Waals surface area (Å²) in [6.07, 6.45) is 2.71. The summed E-state index contributed by atoms with van der Waals surface area (Å²) in [6.45, 7) is -0.289. The molecule has 2 amide bonds. The molecule has 6 nitrogen and oxygen atoms in total. The Labute approximate surface area is 144 Å². The number of hydrazine groups is 1. The SMILES string of the molecule is COc1ccccc1OCC(=O)NNC(=O)C=Cc1ccc(F)cc1. The average molecular weight is 344 g/mol. The Hall–Kier alpha value is -3.35. The molecule has 2 aromatic carbocycles. The molecule has 130 valence electrons. The Bertz CT molecular complexity index is 760. The standard InChI is InChI=1S/C18H17FN2O4/c1-24-15-4-2-3-5-16(15)25-12-18(23)21-20-17(22)11-8-13-6-9-14(19)10-7-13/h2-11H,12H2,1H3,(H,20,22)(H,21,23). The fraction of sp³-hybridized carbons (Fsp3) is 0.111. The second-order valence-corrected chi connectivity index (χ2v) is 4.86. The van der Waals surface area contributed by atoms with Gasteiger partial charge in [-0.3, -0.25) is 20.4 Å². The van der Waals surface area contributed by atoms with Gasteiger partial charge in [-0.2, -0.15) is 0 Å².